The van der Waals surface area contributed by atoms with Gasteiger partial charge in [0, 0.05) is 23.0 Å². The molecule has 3 aromatic carbocycles. The lowest BCUT2D eigenvalue weighted by Gasteiger charge is -2.36. The number of carbonyl (C=O) groups excluding carboxylic acids is 3. The van der Waals surface area contributed by atoms with Crippen LogP contribution in [0.15, 0.2) is 102 Å². The molecule has 0 saturated carbocycles. The largest absolute Gasteiger partial charge is 0.467 e. The quantitative estimate of drug-likeness (QED) is 0.315. The first-order valence-electron chi connectivity index (χ1n) is 12.8. The number of para-hydroxylation sites is 2. The molecule has 0 radical (unpaired) electrons. The minimum absolute atomic E-state index is 0.189. The number of H-pyrrole nitrogens is 1. The number of nitrogens with one attached hydrogen (secondary N) is 2. The Labute approximate surface area is 223 Å². The second-order valence-corrected chi connectivity index (χ2v) is 9.74. The molecule has 2 N–H and O–H groups in total. The molecule has 0 aliphatic carbocycles. The zero-order chi connectivity index (χ0) is 26.5. The number of hydrogen-bond acceptors (Lipinski definition) is 4. The van der Waals surface area contributed by atoms with E-state index in [4.69, 9.17) is 4.42 Å². The molecule has 4 heterocycles. The van der Waals surface area contributed by atoms with Gasteiger partial charge in [0.15, 0.2) is 0 Å². The lowest BCUT2D eigenvalue weighted by Crippen LogP contribution is -2.44. The van der Waals surface area contributed by atoms with Crippen molar-refractivity contribution in [2.45, 2.75) is 25.0 Å². The monoisotopic (exact) mass is 516 g/mol. The number of aromatic nitrogens is 1. The van der Waals surface area contributed by atoms with Crippen molar-refractivity contribution in [1.82, 2.24) is 15.2 Å². The van der Waals surface area contributed by atoms with Crippen molar-refractivity contribution in [1.29, 1.82) is 0 Å². The van der Waals surface area contributed by atoms with Gasteiger partial charge in [0.1, 0.15) is 17.8 Å². The summed E-state index contributed by atoms with van der Waals surface area (Å²) in [5.41, 5.74) is 4.33. The highest BCUT2D eigenvalue weighted by molar-refractivity contribution is 6.24. The van der Waals surface area contributed by atoms with Crippen LogP contribution in [-0.4, -0.2) is 33.8 Å². The number of anilines is 1. The molecule has 2 unspecified atom stereocenters. The third-order valence-electron chi connectivity index (χ3n) is 7.56. The van der Waals surface area contributed by atoms with Crippen molar-refractivity contribution in [2.24, 2.45) is 0 Å². The van der Waals surface area contributed by atoms with E-state index in [9.17, 15) is 14.4 Å². The van der Waals surface area contributed by atoms with Crippen molar-refractivity contribution in [3.8, 4) is 0 Å². The van der Waals surface area contributed by atoms with Gasteiger partial charge in [-0.1, -0.05) is 60.7 Å². The Morgan fingerprint density at radius 1 is 0.923 bits per heavy atom. The smallest absolute Gasteiger partial charge is 0.332 e. The van der Waals surface area contributed by atoms with Crippen LogP contribution in [0.5, 0.6) is 0 Å². The Kier molecular flexibility index (Phi) is 5.33. The number of benzene rings is 3. The maximum absolute atomic E-state index is 14.1. The normalized spacial score (nSPS) is 18.4. The van der Waals surface area contributed by atoms with E-state index >= 15 is 0 Å². The number of urea groups is 1. The minimum Gasteiger partial charge on any atom is -0.467 e. The molecular weight excluding hydrogens is 492 g/mol. The summed E-state index contributed by atoms with van der Waals surface area (Å²) < 4.78 is 5.31. The molecule has 2 atom stereocenters. The number of aromatic amines is 1. The topological polar surface area (TPSA) is 98.7 Å². The lowest BCUT2D eigenvalue weighted by atomic mass is 9.89. The number of amides is 4. The highest BCUT2D eigenvalue weighted by atomic mass is 16.3. The maximum Gasteiger partial charge on any atom is 0.332 e. The third kappa shape index (κ3) is 3.64. The first kappa shape index (κ1) is 23.0. The molecule has 0 bridgehead atoms. The third-order valence-corrected chi connectivity index (χ3v) is 7.56. The van der Waals surface area contributed by atoms with Crippen LogP contribution in [0.3, 0.4) is 0 Å². The van der Waals surface area contributed by atoms with E-state index < -0.39 is 24.0 Å². The molecule has 1 fully saturated rings. The lowest BCUT2D eigenvalue weighted by molar-refractivity contribution is -0.120. The maximum atomic E-state index is 14.1. The molecule has 8 nitrogen and oxygen atoms in total. The number of imide groups is 1. The van der Waals surface area contributed by atoms with Gasteiger partial charge < -0.3 is 14.7 Å². The Morgan fingerprint density at radius 3 is 2.51 bits per heavy atom. The molecule has 0 spiro atoms. The van der Waals surface area contributed by atoms with Crippen LogP contribution in [0.1, 0.15) is 39.0 Å². The molecule has 5 aromatic rings. The molecule has 7 rings (SSSR count). The van der Waals surface area contributed by atoms with Crippen LogP contribution in [0.4, 0.5) is 10.5 Å². The Morgan fingerprint density at radius 2 is 1.69 bits per heavy atom. The molecule has 192 valence electrons. The average molecular weight is 517 g/mol. The molecule has 2 aliphatic heterocycles. The summed E-state index contributed by atoms with van der Waals surface area (Å²) in [7, 11) is 0. The zero-order valence-electron chi connectivity index (χ0n) is 20.8. The Hall–Kier alpha value is -5.11. The molecule has 1 saturated heterocycles. The summed E-state index contributed by atoms with van der Waals surface area (Å²) in [5, 5.41) is 3.87. The number of nitrogens with zero attached hydrogens (tertiary/aromatic N) is 2. The number of carbonyl (C=O) groups is 3. The van der Waals surface area contributed by atoms with E-state index in [-0.39, 0.29) is 23.7 Å². The summed E-state index contributed by atoms with van der Waals surface area (Å²) in [6.07, 6.45) is 1.92. The van der Waals surface area contributed by atoms with Crippen molar-refractivity contribution >= 4 is 34.4 Å². The van der Waals surface area contributed by atoms with Gasteiger partial charge in [0.2, 0.25) is 0 Å². The fourth-order valence-corrected chi connectivity index (χ4v) is 5.81. The highest BCUT2D eigenvalue weighted by Crippen LogP contribution is 2.45. The van der Waals surface area contributed by atoms with Crippen molar-refractivity contribution in [3.05, 3.63) is 125 Å². The van der Waals surface area contributed by atoms with Crippen molar-refractivity contribution in [3.63, 3.8) is 0 Å². The van der Waals surface area contributed by atoms with E-state index in [1.807, 2.05) is 54.6 Å². The van der Waals surface area contributed by atoms with E-state index in [1.54, 1.807) is 41.3 Å². The second-order valence-electron chi connectivity index (χ2n) is 9.74. The highest BCUT2D eigenvalue weighted by Gasteiger charge is 2.53. The van der Waals surface area contributed by atoms with Gasteiger partial charge in [0.25, 0.3) is 11.8 Å². The molecule has 2 aromatic heterocycles. The van der Waals surface area contributed by atoms with Gasteiger partial charge in [-0.2, -0.15) is 0 Å². The average Bonchev–Trinajstić information content (AvgIpc) is 3.68. The molecule has 39 heavy (non-hydrogen) atoms. The van der Waals surface area contributed by atoms with E-state index in [0.717, 1.165) is 32.6 Å². The summed E-state index contributed by atoms with van der Waals surface area (Å²) in [6.45, 7) is 0.189. The van der Waals surface area contributed by atoms with Gasteiger partial charge in [-0.3, -0.25) is 14.5 Å². The number of rotatable bonds is 5. The van der Waals surface area contributed by atoms with Crippen LogP contribution >= 0.6 is 0 Å². The SMILES string of the molecule is O=C(NCc1ccco1)c1ccccc1N1C(=O)C2Cc3c([nH]c4ccccc34)C(c3ccccc3)N2C1=O. The van der Waals surface area contributed by atoms with Gasteiger partial charge in [-0.25, -0.2) is 9.69 Å². The summed E-state index contributed by atoms with van der Waals surface area (Å²) >= 11 is 0. The predicted octanol–water partition coefficient (Wildman–Crippen LogP) is 5.17. The summed E-state index contributed by atoms with van der Waals surface area (Å²) in [4.78, 5) is 47.7. The van der Waals surface area contributed by atoms with Gasteiger partial charge in [0.05, 0.1) is 24.1 Å². The predicted molar refractivity (Wildman–Crippen MR) is 145 cm³/mol. The van der Waals surface area contributed by atoms with Crippen LogP contribution < -0.4 is 10.2 Å². The Balaban J connectivity index is 1.30. The summed E-state index contributed by atoms with van der Waals surface area (Å²) in [6, 6.07) is 26.3. The van der Waals surface area contributed by atoms with Crippen LogP contribution in [-0.2, 0) is 17.8 Å². The molecule has 4 amide bonds. The van der Waals surface area contributed by atoms with Crippen LogP contribution in [0, 0.1) is 0 Å². The number of furan rings is 1. The van der Waals surface area contributed by atoms with Gasteiger partial charge in [-0.05, 0) is 41.5 Å². The van der Waals surface area contributed by atoms with Gasteiger partial charge >= 0.3 is 6.03 Å². The fourth-order valence-electron chi connectivity index (χ4n) is 5.81. The first-order valence-corrected chi connectivity index (χ1v) is 12.8. The van der Waals surface area contributed by atoms with Crippen molar-refractivity contribution < 1.29 is 18.8 Å². The van der Waals surface area contributed by atoms with Gasteiger partial charge in [-0.15, -0.1) is 0 Å². The standard InChI is InChI=1S/C31H24N4O4/c36-29(32-18-20-11-8-16-39-20)22-13-5-7-15-25(22)35-30(37)26-17-23-21-12-4-6-14-24(21)33-27(23)28(34(26)31(35)38)19-9-2-1-3-10-19/h1-16,26,28,33H,17-18H2,(H,32,36). The molecule has 8 heteroatoms. The van der Waals surface area contributed by atoms with Crippen LogP contribution in [0.25, 0.3) is 10.9 Å². The van der Waals surface area contributed by atoms with Crippen molar-refractivity contribution in [2.75, 3.05) is 4.90 Å². The Bertz CT molecular complexity index is 1720. The fraction of sp³-hybridized carbons (Fsp3) is 0.129. The minimum atomic E-state index is -0.700. The molecular formula is C31H24N4O4. The van der Waals surface area contributed by atoms with E-state index in [1.165, 1.54) is 6.26 Å². The second kappa shape index (κ2) is 9.02. The number of hydrogen-bond donors (Lipinski definition) is 2. The van der Waals surface area contributed by atoms with E-state index in [0.29, 0.717) is 12.2 Å². The summed E-state index contributed by atoms with van der Waals surface area (Å²) in [5.74, 6) is -0.142. The van der Waals surface area contributed by atoms with E-state index in [2.05, 4.69) is 10.3 Å². The first-order chi connectivity index (χ1) is 19.1. The zero-order valence-corrected chi connectivity index (χ0v) is 20.8. The number of fused-ring (bicyclic) bond motifs is 4. The van der Waals surface area contributed by atoms with Crippen LogP contribution in [0.2, 0.25) is 0 Å². The molecule has 2 aliphatic rings.